The number of hydrogen-bond acceptors (Lipinski definition) is 8. The van der Waals surface area contributed by atoms with Crippen LogP contribution in [-0.4, -0.2) is 51.5 Å². The van der Waals surface area contributed by atoms with Crippen molar-refractivity contribution in [3.8, 4) is 17.1 Å². The van der Waals surface area contributed by atoms with Crippen molar-refractivity contribution in [3.63, 3.8) is 0 Å². The lowest BCUT2D eigenvalue weighted by molar-refractivity contribution is -0.125. The number of hydrogen-bond donors (Lipinski definition) is 2. The molecule has 2 aliphatic heterocycles. The molecular weight excluding hydrogens is 452 g/mol. The first-order valence-electron chi connectivity index (χ1n) is 10.8. The van der Waals surface area contributed by atoms with Gasteiger partial charge in [-0.2, -0.15) is 0 Å². The van der Waals surface area contributed by atoms with Gasteiger partial charge in [-0.15, -0.1) is 0 Å². The molecule has 0 saturated carbocycles. The topological polar surface area (TPSA) is 140 Å². The maximum atomic E-state index is 13.1. The number of carbonyl (C=O) groups excluding carboxylic acids is 3. The van der Waals surface area contributed by atoms with E-state index < -0.39 is 17.5 Å². The van der Waals surface area contributed by atoms with Crippen LogP contribution in [0.15, 0.2) is 59.3 Å². The molecule has 11 nitrogen and oxygen atoms in total. The highest BCUT2D eigenvalue weighted by Crippen LogP contribution is 2.34. The molecule has 1 fully saturated rings. The lowest BCUT2D eigenvalue weighted by Gasteiger charge is -2.28. The van der Waals surface area contributed by atoms with Crippen LogP contribution in [0.5, 0.6) is 5.75 Å². The van der Waals surface area contributed by atoms with Gasteiger partial charge in [0, 0.05) is 18.2 Å². The van der Waals surface area contributed by atoms with E-state index in [2.05, 4.69) is 25.8 Å². The van der Waals surface area contributed by atoms with E-state index in [0.29, 0.717) is 28.2 Å². The molecule has 4 aromatic rings. The summed E-state index contributed by atoms with van der Waals surface area (Å²) in [6, 6.07) is 13.4. The highest BCUT2D eigenvalue weighted by molar-refractivity contribution is 6.08. The summed E-state index contributed by atoms with van der Waals surface area (Å²) >= 11 is 0. The van der Waals surface area contributed by atoms with Gasteiger partial charge in [0.1, 0.15) is 17.1 Å². The SMILES string of the molecule is COc1ccc2c(c1)C(=O)N(C[C@@]1(c3cc(-c4cnc5ccccc5n4)no3)NC(=O)NC1=O)C2. The van der Waals surface area contributed by atoms with Gasteiger partial charge in [-0.1, -0.05) is 23.4 Å². The second-order valence-electron chi connectivity index (χ2n) is 8.32. The number of ether oxygens (including phenoxy) is 1. The lowest BCUT2D eigenvalue weighted by Crippen LogP contribution is -2.52. The average molecular weight is 470 g/mol. The van der Waals surface area contributed by atoms with Crippen molar-refractivity contribution in [2.75, 3.05) is 13.7 Å². The Morgan fingerprint density at radius 2 is 1.91 bits per heavy atom. The first kappa shape index (κ1) is 20.8. The minimum Gasteiger partial charge on any atom is -0.497 e. The zero-order chi connectivity index (χ0) is 24.2. The van der Waals surface area contributed by atoms with Crippen LogP contribution in [-0.2, 0) is 16.9 Å². The van der Waals surface area contributed by atoms with Crippen LogP contribution in [0.1, 0.15) is 21.7 Å². The molecule has 2 aromatic carbocycles. The normalized spacial score (nSPS) is 19.1. The molecular formula is C24H18N6O5. The number of imide groups is 1. The first-order valence-corrected chi connectivity index (χ1v) is 10.8. The van der Waals surface area contributed by atoms with E-state index in [1.807, 2.05) is 24.3 Å². The minimum absolute atomic E-state index is 0.0761. The molecule has 0 unspecified atom stereocenters. The number of aromatic nitrogens is 3. The summed E-state index contributed by atoms with van der Waals surface area (Å²) in [6.45, 7) is 0.110. The molecule has 0 aliphatic carbocycles. The third kappa shape index (κ3) is 3.28. The largest absolute Gasteiger partial charge is 0.497 e. The molecule has 0 bridgehead atoms. The zero-order valence-corrected chi connectivity index (χ0v) is 18.4. The Kier molecular flexibility index (Phi) is 4.53. The van der Waals surface area contributed by atoms with Gasteiger partial charge in [-0.05, 0) is 29.8 Å². The number of nitrogens with zero attached hydrogens (tertiary/aromatic N) is 4. The summed E-state index contributed by atoms with van der Waals surface area (Å²) in [5, 5.41) is 8.95. The van der Waals surface area contributed by atoms with Gasteiger partial charge in [-0.25, -0.2) is 9.78 Å². The van der Waals surface area contributed by atoms with Crippen molar-refractivity contribution in [2.45, 2.75) is 12.1 Å². The summed E-state index contributed by atoms with van der Waals surface area (Å²) in [5.74, 6) is -0.299. The Morgan fingerprint density at radius 3 is 2.69 bits per heavy atom. The molecule has 0 radical (unpaired) electrons. The van der Waals surface area contributed by atoms with Gasteiger partial charge in [0.15, 0.2) is 11.3 Å². The van der Waals surface area contributed by atoms with E-state index in [1.165, 1.54) is 18.1 Å². The van der Waals surface area contributed by atoms with Gasteiger partial charge in [-0.3, -0.25) is 19.9 Å². The van der Waals surface area contributed by atoms with Crippen molar-refractivity contribution in [1.82, 2.24) is 30.7 Å². The third-order valence-electron chi connectivity index (χ3n) is 6.21. The zero-order valence-electron chi connectivity index (χ0n) is 18.4. The molecule has 11 heteroatoms. The summed E-state index contributed by atoms with van der Waals surface area (Å²) in [7, 11) is 1.52. The predicted octanol–water partition coefficient (Wildman–Crippen LogP) is 1.98. The highest BCUT2D eigenvalue weighted by atomic mass is 16.5. The fraction of sp³-hybridized carbons (Fsp3) is 0.167. The van der Waals surface area contributed by atoms with Gasteiger partial charge in [0.25, 0.3) is 11.8 Å². The van der Waals surface area contributed by atoms with E-state index in [9.17, 15) is 14.4 Å². The van der Waals surface area contributed by atoms with Crippen LogP contribution in [0.4, 0.5) is 4.79 Å². The number of rotatable bonds is 5. The number of amides is 4. The van der Waals surface area contributed by atoms with E-state index >= 15 is 0 Å². The Morgan fingerprint density at radius 1 is 1.09 bits per heavy atom. The average Bonchev–Trinajstić information content (AvgIpc) is 3.56. The molecule has 1 saturated heterocycles. The molecule has 174 valence electrons. The molecule has 1 atom stereocenters. The summed E-state index contributed by atoms with van der Waals surface area (Å²) < 4.78 is 10.8. The van der Waals surface area contributed by atoms with E-state index in [-0.39, 0.29) is 24.8 Å². The van der Waals surface area contributed by atoms with Crippen LogP contribution in [0.3, 0.4) is 0 Å². The molecule has 4 amide bonds. The molecule has 0 spiro atoms. The number of methoxy groups -OCH3 is 1. The van der Waals surface area contributed by atoms with Crippen molar-refractivity contribution in [2.24, 2.45) is 0 Å². The highest BCUT2D eigenvalue weighted by Gasteiger charge is 2.53. The number of fused-ring (bicyclic) bond motifs is 2. The maximum Gasteiger partial charge on any atom is 0.322 e. The number of benzene rings is 2. The smallest absolute Gasteiger partial charge is 0.322 e. The first-order chi connectivity index (χ1) is 17.0. The van der Waals surface area contributed by atoms with E-state index in [4.69, 9.17) is 9.26 Å². The summed E-state index contributed by atoms with van der Waals surface area (Å²) in [5.41, 5.74) is 1.79. The second-order valence-corrected chi connectivity index (χ2v) is 8.32. The quantitative estimate of drug-likeness (QED) is 0.422. The van der Waals surface area contributed by atoms with E-state index in [1.54, 1.807) is 24.4 Å². The van der Waals surface area contributed by atoms with Crippen molar-refractivity contribution in [3.05, 3.63) is 71.6 Å². The predicted molar refractivity (Wildman–Crippen MR) is 121 cm³/mol. The van der Waals surface area contributed by atoms with Gasteiger partial charge >= 0.3 is 6.03 Å². The van der Waals surface area contributed by atoms with E-state index in [0.717, 1.165) is 11.1 Å². The third-order valence-corrected chi connectivity index (χ3v) is 6.21. The fourth-order valence-electron chi connectivity index (χ4n) is 4.41. The fourth-order valence-corrected chi connectivity index (χ4v) is 4.41. The van der Waals surface area contributed by atoms with Crippen molar-refractivity contribution >= 4 is 28.9 Å². The Balaban J connectivity index is 1.35. The maximum absolute atomic E-state index is 13.1. The summed E-state index contributed by atoms with van der Waals surface area (Å²) in [4.78, 5) is 48.7. The van der Waals surface area contributed by atoms with Crippen molar-refractivity contribution < 1.29 is 23.6 Å². The summed E-state index contributed by atoms with van der Waals surface area (Å²) in [6.07, 6.45) is 1.55. The molecule has 2 aromatic heterocycles. The number of para-hydroxylation sites is 2. The van der Waals surface area contributed by atoms with Gasteiger partial charge in [0.05, 0.1) is 30.9 Å². The second kappa shape index (κ2) is 7.62. The number of nitrogens with one attached hydrogen (secondary N) is 2. The van der Waals surface area contributed by atoms with Crippen LogP contribution < -0.4 is 15.4 Å². The van der Waals surface area contributed by atoms with Crippen LogP contribution >= 0.6 is 0 Å². The Hall–Kier alpha value is -4.80. The van der Waals surface area contributed by atoms with Gasteiger partial charge in [0.2, 0.25) is 0 Å². The van der Waals surface area contributed by atoms with Crippen LogP contribution in [0.2, 0.25) is 0 Å². The lowest BCUT2D eigenvalue weighted by atomic mass is 9.95. The Bertz CT molecular complexity index is 1530. The minimum atomic E-state index is -1.66. The molecule has 2 aliphatic rings. The molecule has 2 N–H and O–H groups in total. The van der Waals surface area contributed by atoms with Gasteiger partial charge < -0.3 is 19.5 Å². The molecule has 6 rings (SSSR count). The molecule has 4 heterocycles. The van der Waals surface area contributed by atoms with Crippen LogP contribution in [0.25, 0.3) is 22.4 Å². The Labute approximate surface area is 198 Å². The standard InChI is InChI=1S/C24H18N6O5/c1-34-14-7-6-13-11-30(21(31)15(13)8-14)12-24(22(32)27-23(33)28-24)20-9-18(29-35-20)19-10-25-16-4-2-3-5-17(16)26-19/h2-10H,11-12H2,1H3,(H2,27,28,32,33)/t24-/m0/s1. The number of urea groups is 1. The van der Waals surface area contributed by atoms with Crippen molar-refractivity contribution in [1.29, 1.82) is 0 Å². The van der Waals surface area contributed by atoms with Crippen LogP contribution in [0, 0.1) is 0 Å². The monoisotopic (exact) mass is 470 g/mol. The number of carbonyl (C=O) groups is 3. The molecule has 35 heavy (non-hydrogen) atoms.